The molecule has 196 valence electrons. The van der Waals surface area contributed by atoms with Gasteiger partial charge < -0.3 is 4.90 Å². The number of rotatable bonds is 8. The largest absolute Gasteiger partial charge is 0.352 e. The summed E-state index contributed by atoms with van der Waals surface area (Å²) in [6.07, 6.45) is 5.68. The van der Waals surface area contributed by atoms with E-state index < -0.39 is 5.91 Å². The molecule has 0 fully saturated rings. The summed E-state index contributed by atoms with van der Waals surface area (Å²) in [4.78, 5) is 54.7. The van der Waals surface area contributed by atoms with Crippen LogP contribution < -0.4 is 0 Å². The Morgan fingerprint density at radius 2 is 1.62 bits per heavy atom. The maximum Gasteiger partial charge on any atom is 0.263 e. The lowest BCUT2D eigenvalue weighted by atomic mass is 10.1. The van der Waals surface area contributed by atoms with Crippen LogP contribution in [0, 0.1) is 0 Å². The van der Waals surface area contributed by atoms with Crippen molar-refractivity contribution in [2.24, 2.45) is 0 Å². The zero-order chi connectivity index (χ0) is 27.9. The number of amides is 1. The highest BCUT2D eigenvalue weighted by molar-refractivity contribution is 7.80. The smallest absolute Gasteiger partial charge is 0.263 e. The Hall–Kier alpha value is -3.01. The highest BCUT2D eigenvalue weighted by atomic mass is 32.1. The van der Waals surface area contributed by atoms with Crippen LogP contribution in [0.4, 0.5) is 0 Å². The molecule has 1 amide bonds. The Kier molecular flexibility index (Phi) is 11.0. The number of aldehydes is 1. The summed E-state index contributed by atoms with van der Waals surface area (Å²) in [6, 6.07) is 3.79. The average molecular weight is 557 g/mol. The number of thiocarbonyl (C=S) groups is 1. The molecule has 0 N–H and O–H groups in total. The summed E-state index contributed by atoms with van der Waals surface area (Å²) >= 11 is 8.25. The predicted octanol–water partition coefficient (Wildman–Crippen LogP) is 6.08. The van der Waals surface area contributed by atoms with Crippen LogP contribution in [0.3, 0.4) is 0 Å². The van der Waals surface area contributed by atoms with Gasteiger partial charge in [-0.25, -0.2) is 0 Å². The molecule has 0 aliphatic heterocycles. The van der Waals surface area contributed by atoms with Crippen molar-refractivity contribution in [1.29, 1.82) is 0 Å². The van der Waals surface area contributed by atoms with Gasteiger partial charge in [0.15, 0.2) is 23.0 Å². The van der Waals surface area contributed by atoms with Crippen molar-refractivity contribution >= 4 is 85.3 Å². The van der Waals surface area contributed by atoms with E-state index in [9.17, 15) is 19.2 Å². The fourth-order valence-corrected chi connectivity index (χ4v) is 6.34. The molecule has 2 aromatic heterocycles. The van der Waals surface area contributed by atoms with E-state index in [1.165, 1.54) is 33.6 Å². The number of fused-ring (bicyclic) bond motifs is 1. The second-order valence-electron chi connectivity index (χ2n) is 7.76. The van der Waals surface area contributed by atoms with E-state index >= 15 is 0 Å². The maximum atomic E-state index is 13.0. The van der Waals surface area contributed by atoms with Gasteiger partial charge in [0.2, 0.25) is 0 Å². The molecule has 1 aliphatic rings. The summed E-state index contributed by atoms with van der Waals surface area (Å²) in [6.45, 7) is 14.2. The number of carbonyl (C=O) groups excluding carboxylic acids is 4. The lowest BCUT2D eigenvalue weighted by Crippen LogP contribution is -2.45. The van der Waals surface area contributed by atoms with Crippen molar-refractivity contribution in [3.63, 3.8) is 0 Å². The van der Waals surface area contributed by atoms with Crippen LogP contribution in [0.25, 0.3) is 21.6 Å². The van der Waals surface area contributed by atoms with Crippen LogP contribution in [0.2, 0.25) is 0 Å². The lowest BCUT2D eigenvalue weighted by Gasteiger charge is -2.28. The van der Waals surface area contributed by atoms with Crippen LogP contribution in [0.15, 0.2) is 47.1 Å². The third kappa shape index (κ3) is 6.29. The first kappa shape index (κ1) is 30.2. The van der Waals surface area contributed by atoms with E-state index in [1.54, 1.807) is 24.1 Å². The number of thiophene rings is 2. The second kappa shape index (κ2) is 13.5. The number of likely N-dealkylation sites (N-methyl/N-ethyl adjacent to an activating group) is 1. The van der Waals surface area contributed by atoms with Gasteiger partial charge in [-0.2, -0.15) is 0 Å². The van der Waals surface area contributed by atoms with Gasteiger partial charge in [0.25, 0.3) is 5.91 Å². The molecule has 0 aromatic carbocycles. The van der Waals surface area contributed by atoms with Crippen molar-refractivity contribution in [2.75, 3.05) is 20.1 Å². The number of allylic oxidation sites excluding steroid dienone is 4. The molecule has 2 aromatic rings. The van der Waals surface area contributed by atoms with Crippen LogP contribution >= 0.6 is 34.9 Å². The van der Waals surface area contributed by atoms with Crippen molar-refractivity contribution in [3.8, 4) is 0 Å². The molecule has 9 heteroatoms. The first-order valence-electron chi connectivity index (χ1n) is 12.1. The van der Waals surface area contributed by atoms with Gasteiger partial charge in [0.1, 0.15) is 0 Å². The first-order chi connectivity index (χ1) is 17.7. The summed E-state index contributed by atoms with van der Waals surface area (Å²) < 4.78 is 1.87. The summed E-state index contributed by atoms with van der Waals surface area (Å²) in [5.74, 6) is -0.969. The Balaban J connectivity index is 0.00000235. The second-order valence-corrected chi connectivity index (χ2v) is 10.4. The molecular formula is C28H32N2O4S3. The highest BCUT2D eigenvalue weighted by Crippen LogP contribution is 2.37. The fourth-order valence-electron chi connectivity index (χ4n) is 3.69. The third-order valence-corrected chi connectivity index (χ3v) is 8.41. The molecule has 0 bridgehead atoms. The predicted molar refractivity (Wildman–Crippen MR) is 159 cm³/mol. The lowest BCUT2D eigenvalue weighted by molar-refractivity contribution is -0.125. The van der Waals surface area contributed by atoms with Crippen molar-refractivity contribution in [3.05, 3.63) is 56.8 Å². The van der Waals surface area contributed by atoms with Crippen molar-refractivity contribution in [2.45, 2.75) is 41.0 Å². The molecular weight excluding hydrogens is 525 g/mol. The monoisotopic (exact) mass is 556 g/mol. The van der Waals surface area contributed by atoms with Gasteiger partial charge in [-0.1, -0.05) is 33.4 Å². The molecule has 0 unspecified atom stereocenters. The number of ketones is 2. The summed E-state index contributed by atoms with van der Waals surface area (Å²) in [7, 11) is 1.80. The van der Waals surface area contributed by atoms with Gasteiger partial charge in [-0.3, -0.25) is 24.1 Å². The molecule has 0 spiro atoms. The molecule has 0 radical (unpaired) electrons. The van der Waals surface area contributed by atoms with E-state index in [2.05, 4.69) is 6.58 Å². The van der Waals surface area contributed by atoms with Crippen LogP contribution in [0.1, 0.15) is 50.8 Å². The van der Waals surface area contributed by atoms with Gasteiger partial charge in [0, 0.05) is 50.4 Å². The minimum Gasteiger partial charge on any atom is -0.352 e. The SMILES string of the molecule is C=CC1=C(CC)C(=O)/C(=C/c2cc3sc(/C=C(/C=O)C(=O)N(CC)C(=S)N(C)CC)cc3s2)C1=O.CC. The fraction of sp³-hybridized carbons (Fsp3) is 0.321. The molecule has 0 atom stereocenters. The van der Waals surface area contributed by atoms with Gasteiger partial charge >= 0.3 is 0 Å². The van der Waals surface area contributed by atoms with E-state index in [0.29, 0.717) is 42.1 Å². The van der Waals surface area contributed by atoms with Gasteiger partial charge in [0.05, 0.1) is 11.1 Å². The van der Waals surface area contributed by atoms with E-state index in [0.717, 1.165) is 19.2 Å². The average Bonchev–Trinajstić information content (AvgIpc) is 3.53. The number of Topliss-reactive ketones (excluding diaryl/α,β-unsaturated/α-hetero) is 2. The summed E-state index contributed by atoms with van der Waals surface area (Å²) in [5.41, 5.74) is 1.06. The number of hydrogen-bond acceptors (Lipinski definition) is 7. The quantitative estimate of drug-likeness (QED) is 0.129. The van der Waals surface area contributed by atoms with Gasteiger partial charge in [-0.05, 0) is 56.8 Å². The van der Waals surface area contributed by atoms with E-state index in [4.69, 9.17) is 12.2 Å². The van der Waals surface area contributed by atoms with Crippen LogP contribution in [0.5, 0.6) is 0 Å². The standard InChI is InChI=1S/C26H26N2O4S3.C2H6/c1-6-18-19(7-2)24(31)20(23(18)30)11-17-13-22-21(35-17)12-16(34-22)10-15(14-29)25(32)28(9-4)26(33)27(5)8-3;1-2/h6,10-14H,1,7-9H2,2-5H3;1-2H3/b15-10-,20-11+;. The molecule has 2 heterocycles. The van der Waals surface area contributed by atoms with Crippen molar-refractivity contribution in [1.82, 2.24) is 9.80 Å². The van der Waals surface area contributed by atoms with Crippen LogP contribution in [-0.4, -0.2) is 58.8 Å². The molecule has 37 heavy (non-hydrogen) atoms. The molecule has 6 nitrogen and oxygen atoms in total. The maximum absolute atomic E-state index is 13.0. The highest BCUT2D eigenvalue weighted by Gasteiger charge is 2.33. The van der Waals surface area contributed by atoms with E-state index in [-0.39, 0.29) is 22.7 Å². The van der Waals surface area contributed by atoms with Crippen molar-refractivity contribution < 1.29 is 19.2 Å². The number of hydrogen-bond donors (Lipinski definition) is 0. The van der Waals surface area contributed by atoms with E-state index in [1.807, 2.05) is 46.8 Å². The molecule has 0 saturated heterocycles. The Labute approximate surface area is 231 Å². The Morgan fingerprint density at radius 3 is 2.11 bits per heavy atom. The number of nitrogens with zero attached hydrogens (tertiary/aromatic N) is 2. The molecule has 3 rings (SSSR count). The molecule has 0 saturated carbocycles. The zero-order valence-corrected chi connectivity index (χ0v) is 24.5. The first-order valence-corrected chi connectivity index (χ1v) is 14.2. The Morgan fingerprint density at radius 1 is 1.03 bits per heavy atom. The summed E-state index contributed by atoms with van der Waals surface area (Å²) in [5, 5.41) is 0.369. The zero-order valence-electron chi connectivity index (χ0n) is 22.0. The van der Waals surface area contributed by atoms with Gasteiger partial charge in [-0.15, -0.1) is 22.7 Å². The third-order valence-electron chi connectivity index (χ3n) is 5.69. The topological polar surface area (TPSA) is 74.8 Å². The Bertz CT molecular complexity index is 1310. The van der Waals surface area contributed by atoms with Crippen LogP contribution in [-0.2, 0) is 19.2 Å². The minimum atomic E-state index is -0.439. The normalized spacial score (nSPS) is 14.6. The molecule has 1 aliphatic carbocycles. The minimum absolute atomic E-state index is 0.0206. The number of carbonyl (C=O) groups is 4.